The molecule has 0 saturated carbocycles. The van der Waals surface area contributed by atoms with Crippen molar-refractivity contribution in [2.75, 3.05) is 36.9 Å². The van der Waals surface area contributed by atoms with Crippen molar-refractivity contribution in [3.63, 3.8) is 0 Å². The van der Waals surface area contributed by atoms with Gasteiger partial charge >= 0.3 is 0 Å². The van der Waals surface area contributed by atoms with Crippen molar-refractivity contribution < 1.29 is 5.11 Å². The van der Waals surface area contributed by atoms with Gasteiger partial charge in [-0.05, 0) is 12.0 Å². The number of aromatic nitrogens is 4. The van der Waals surface area contributed by atoms with Gasteiger partial charge in [0.2, 0.25) is 5.95 Å². The zero-order valence-corrected chi connectivity index (χ0v) is 14.5. The minimum Gasteiger partial charge on any atom is -0.396 e. The molecule has 2 aromatic heterocycles. The molecule has 0 amide bonds. The number of hydrogen-bond acceptors (Lipinski definition) is 7. The van der Waals surface area contributed by atoms with Crippen LogP contribution in [0.3, 0.4) is 0 Å². The molecular weight excluding hydrogens is 330 g/mol. The Hall–Kier alpha value is -2.71. The van der Waals surface area contributed by atoms with Crippen molar-refractivity contribution in [1.82, 2.24) is 25.1 Å². The third-order valence-electron chi connectivity index (χ3n) is 4.90. The SMILES string of the molecule is Nc1nc(N2CCN(Cc3ccccc3)[C@@H](CCO)C2)c2cn[nH]c2n1. The molecule has 8 nitrogen and oxygen atoms in total. The molecule has 0 aliphatic carbocycles. The van der Waals surface area contributed by atoms with Crippen LogP contribution in [0.2, 0.25) is 0 Å². The number of nitrogens with two attached hydrogens (primary N) is 1. The summed E-state index contributed by atoms with van der Waals surface area (Å²) >= 11 is 0. The number of aliphatic hydroxyl groups is 1. The number of piperazine rings is 1. The van der Waals surface area contributed by atoms with Gasteiger partial charge in [-0.1, -0.05) is 30.3 Å². The topological polar surface area (TPSA) is 107 Å². The summed E-state index contributed by atoms with van der Waals surface area (Å²) in [6.07, 6.45) is 2.46. The lowest BCUT2D eigenvalue weighted by Crippen LogP contribution is -2.53. The van der Waals surface area contributed by atoms with Gasteiger partial charge in [-0.25, -0.2) is 0 Å². The molecule has 0 spiro atoms. The zero-order chi connectivity index (χ0) is 17.9. The smallest absolute Gasteiger partial charge is 0.224 e. The van der Waals surface area contributed by atoms with Crippen molar-refractivity contribution in [2.24, 2.45) is 0 Å². The Morgan fingerprint density at radius 1 is 1.19 bits per heavy atom. The second kappa shape index (κ2) is 7.27. The first-order valence-electron chi connectivity index (χ1n) is 8.85. The van der Waals surface area contributed by atoms with E-state index in [1.54, 1.807) is 6.20 Å². The monoisotopic (exact) mass is 353 g/mol. The molecule has 1 aromatic carbocycles. The van der Waals surface area contributed by atoms with Crippen LogP contribution in [0.4, 0.5) is 11.8 Å². The Kier molecular flexibility index (Phi) is 4.68. The molecule has 1 saturated heterocycles. The minimum absolute atomic E-state index is 0.164. The Labute approximate surface area is 151 Å². The molecule has 1 aliphatic heterocycles. The first-order chi connectivity index (χ1) is 12.7. The van der Waals surface area contributed by atoms with Crippen molar-refractivity contribution in [2.45, 2.75) is 19.0 Å². The lowest BCUT2D eigenvalue weighted by atomic mass is 10.1. The molecule has 3 aromatic rings. The lowest BCUT2D eigenvalue weighted by Gasteiger charge is -2.42. The number of nitrogens with one attached hydrogen (secondary N) is 1. The number of nitrogens with zero attached hydrogens (tertiary/aromatic N) is 5. The highest BCUT2D eigenvalue weighted by Gasteiger charge is 2.28. The predicted molar refractivity (Wildman–Crippen MR) is 101 cm³/mol. The van der Waals surface area contributed by atoms with Crippen LogP contribution in [0.5, 0.6) is 0 Å². The summed E-state index contributed by atoms with van der Waals surface area (Å²) in [6.45, 7) is 3.56. The lowest BCUT2D eigenvalue weighted by molar-refractivity contribution is 0.135. The fourth-order valence-corrected chi connectivity index (χ4v) is 3.61. The Morgan fingerprint density at radius 2 is 2.04 bits per heavy atom. The Morgan fingerprint density at radius 3 is 2.85 bits per heavy atom. The van der Waals surface area contributed by atoms with Gasteiger partial charge in [0.15, 0.2) is 5.65 Å². The maximum absolute atomic E-state index is 9.54. The van der Waals surface area contributed by atoms with E-state index < -0.39 is 0 Å². The Bertz CT molecular complexity index is 866. The number of aliphatic hydroxyl groups excluding tert-OH is 1. The molecule has 26 heavy (non-hydrogen) atoms. The molecule has 4 N–H and O–H groups in total. The van der Waals surface area contributed by atoms with E-state index in [0.717, 1.165) is 43.8 Å². The average molecular weight is 353 g/mol. The number of anilines is 2. The normalized spacial score (nSPS) is 18.5. The second-order valence-electron chi connectivity index (χ2n) is 6.61. The first-order valence-corrected chi connectivity index (χ1v) is 8.85. The van der Waals surface area contributed by atoms with Gasteiger partial charge in [0, 0.05) is 38.8 Å². The molecule has 1 aliphatic rings. The molecule has 4 rings (SSSR count). The third kappa shape index (κ3) is 3.33. The maximum atomic E-state index is 9.54. The molecule has 0 radical (unpaired) electrons. The van der Waals surface area contributed by atoms with E-state index in [4.69, 9.17) is 5.73 Å². The fourth-order valence-electron chi connectivity index (χ4n) is 3.61. The average Bonchev–Trinajstić information content (AvgIpc) is 3.12. The largest absolute Gasteiger partial charge is 0.396 e. The van der Waals surface area contributed by atoms with Crippen LogP contribution in [-0.2, 0) is 6.54 Å². The van der Waals surface area contributed by atoms with Gasteiger partial charge in [-0.15, -0.1) is 0 Å². The highest BCUT2D eigenvalue weighted by molar-refractivity contribution is 5.87. The highest BCUT2D eigenvalue weighted by Crippen LogP contribution is 2.26. The van der Waals surface area contributed by atoms with Crippen LogP contribution in [0, 0.1) is 0 Å². The molecule has 0 bridgehead atoms. The summed E-state index contributed by atoms with van der Waals surface area (Å²) in [5.74, 6) is 1.05. The molecule has 8 heteroatoms. The molecular formula is C18H23N7O. The van der Waals surface area contributed by atoms with Crippen LogP contribution in [0.1, 0.15) is 12.0 Å². The predicted octanol–water partition coefficient (Wildman–Crippen LogP) is 1.01. The maximum Gasteiger partial charge on any atom is 0.224 e. The van der Waals surface area contributed by atoms with Crippen molar-refractivity contribution in [1.29, 1.82) is 0 Å². The summed E-state index contributed by atoms with van der Waals surface area (Å²) in [5.41, 5.74) is 7.80. The number of nitrogen functional groups attached to an aromatic ring is 1. The Balaban J connectivity index is 1.56. The van der Waals surface area contributed by atoms with Gasteiger partial charge in [0.1, 0.15) is 5.82 Å². The number of H-pyrrole nitrogens is 1. The molecule has 0 unspecified atom stereocenters. The quantitative estimate of drug-likeness (QED) is 0.628. The van der Waals surface area contributed by atoms with Gasteiger partial charge in [0.25, 0.3) is 0 Å². The van der Waals surface area contributed by atoms with E-state index in [0.29, 0.717) is 5.65 Å². The van der Waals surface area contributed by atoms with Crippen LogP contribution in [0.25, 0.3) is 11.0 Å². The van der Waals surface area contributed by atoms with Crippen molar-refractivity contribution >= 4 is 22.8 Å². The van der Waals surface area contributed by atoms with Gasteiger partial charge in [0.05, 0.1) is 11.6 Å². The molecule has 1 fully saturated rings. The van der Waals surface area contributed by atoms with Crippen molar-refractivity contribution in [3.05, 3.63) is 42.1 Å². The summed E-state index contributed by atoms with van der Waals surface area (Å²) < 4.78 is 0. The highest BCUT2D eigenvalue weighted by atomic mass is 16.3. The van der Waals surface area contributed by atoms with Gasteiger partial charge in [-0.2, -0.15) is 15.1 Å². The van der Waals surface area contributed by atoms with E-state index in [2.05, 4.69) is 54.2 Å². The van der Waals surface area contributed by atoms with Crippen LogP contribution >= 0.6 is 0 Å². The second-order valence-corrected chi connectivity index (χ2v) is 6.61. The standard InChI is InChI=1S/C18H23N7O/c19-18-21-16-15(10-20-23-16)17(22-18)25-8-7-24(14(12-25)6-9-26)11-13-4-2-1-3-5-13/h1-5,10,14,26H,6-9,11-12H2,(H3,19,20,21,22,23)/t14-/m0/s1. The van der Waals surface area contributed by atoms with Crippen LogP contribution in [-0.4, -0.2) is 62.5 Å². The summed E-state index contributed by atoms with van der Waals surface area (Å²) in [4.78, 5) is 13.3. The first kappa shape index (κ1) is 16.7. The van der Waals surface area contributed by atoms with E-state index in [-0.39, 0.29) is 18.6 Å². The summed E-state index contributed by atoms with van der Waals surface area (Å²) in [6, 6.07) is 10.7. The zero-order valence-electron chi connectivity index (χ0n) is 14.5. The van der Waals surface area contributed by atoms with Crippen LogP contribution in [0.15, 0.2) is 36.5 Å². The van der Waals surface area contributed by atoms with E-state index >= 15 is 0 Å². The number of aromatic amines is 1. The summed E-state index contributed by atoms with van der Waals surface area (Å²) in [7, 11) is 0. The number of hydrogen-bond donors (Lipinski definition) is 3. The van der Waals surface area contributed by atoms with Gasteiger partial charge < -0.3 is 15.7 Å². The van der Waals surface area contributed by atoms with Crippen LogP contribution < -0.4 is 10.6 Å². The number of benzene rings is 1. The van der Waals surface area contributed by atoms with Crippen molar-refractivity contribution in [3.8, 4) is 0 Å². The number of rotatable bonds is 5. The third-order valence-corrected chi connectivity index (χ3v) is 4.90. The summed E-state index contributed by atoms with van der Waals surface area (Å²) in [5, 5.41) is 17.3. The number of fused-ring (bicyclic) bond motifs is 1. The molecule has 136 valence electrons. The van der Waals surface area contributed by atoms with E-state index in [9.17, 15) is 5.11 Å². The molecule has 3 heterocycles. The van der Waals surface area contributed by atoms with E-state index in [1.807, 2.05) is 6.07 Å². The van der Waals surface area contributed by atoms with Gasteiger partial charge in [-0.3, -0.25) is 10.00 Å². The van der Waals surface area contributed by atoms with E-state index in [1.165, 1.54) is 5.56 Å². The minimum atomic E-state index is 0.164. The fraction of sp³-hybridized carbons (Fsp3) is 0.389. The molecule has 1 atom stereocenters.